The molecule has 1 aliphatic heterocycles. The van der Waals surface area contributed by atoms with Crippen molar-refractivity contribution < 1.29 is 4.79 Å². The van der Waals surface area contributed by atoms with Crippen LogP contribution in [0, 0.1) is 5.92 Å². The molecule has 1 amide bonds. The largest absolute Gasteiger partial charge is 0.337 e. The van der Waals surface area contributed by atoms with Crippen LogP contribution in [0.2, 0.25) is 0 Å². The second kappa shape index (κ2) is 8.70. The Morgan fingerprint density at radius 2 is 1.72 bits per heavy atom. The Morgan fingerprint density at radius 3 is 2.53 bits per heavy atom. The molecule has 1 aliphatic rings. The predicted octanol–water partition coefficient (Wildman–Crippen LogP) is 3.41. The minimum absolute atomic E-state index is 0.0378. The van der Waals surface area contributed by atoms with Crippen molar-refractivity contribution in [3.8, 4) is 11.3 Å². The van der Waals surface area contributed by atoms with Crippen LogP contribution >= 0.6 is 0 Å². The number of hydrogen-bond donors (Lipinski definition) is 0. The van der Waals surface area contributed by atoms with Crippen LogP contribution in [0.25, 0.3) is 22.2 Å². The van der Waals surface area contributed by atoms with Gasteiger partial charge in [0.15, 0.2) is 0 Å². The van der Waals surface area contributed by atoms with Gasteiger partial charge in [-0.25, -0.2) is 9.67 Å². The molecule has 0 N–H and O–H groups in total. The van der Waals surface area contributed by atoms with E-state index in [0.29, 0.717) is 31.2 Å². The molecule has 3 aromatic heterocycles. The Labute approximate surface area is 185 Å². The first-order valence-electron chi connectivity index (χ1n) is 10.8. The fourth-order valence-corrected chi connectivity index (χ4v) is 4.17. The van der Waals surface area contributed by atoms with Gasteiger partial charge in [-0.15, -0.1) is 0 Å². The average Bonchev–Trinajstić information content (AvgIpc) is 2.85. The predicted molar refractivity (Wildman–Crippen MR) is 122 cm³/mol. The normalized spacial score (nSPS) is 14.6. The first-order valence-corrected chi connectivity index (χ1v) is 10.8. The Hall–Kier alpha value is -3.87. The molecule has 5 rings (SSSR count). The summed E-state index contributed by atoms with van der Waals surface area (Å²) < 4.78 is 1.54. The molecule has 1 fully saturated rings. The molecule has 0 saturated carbocycles. The molecular weight excluding hydrogens is 402 g/mol. The number of fused-ring (bicyclic) bond motifs is 1. The van der Waals surface area contributed by atoms with Crippen molar-refractivity contribution in [3.05, 3.63) is 89.1 Å². The summed E-state index contributed by atoms with van der Waals surface area (Å²) in [5, 5.41) is 5.58. The second-order valence-corrected chi connectivity index (χ2v) is 8.10. The maximum absolute atomic E-state index is 13.0. The number of likely N-dealkylation sites (tertiary alicyclic amines) is 1. The summed E-state index contributed by atoms with van der Waals surface area (Å²) in [4.78, 5) is 35.7. The number of rotatable bonds is 4. The van der Waals surface area contributed by atoms with Crippen LogP contribution in [0.3, 0.4) is 0 Å². The van der Waals surface area contributed by atoms with Crippen LogP contribution in [0.15, 0.2) is 77.9 Å². The third kappa shape index (κ3) is 4.14. The summed E-state index contributed by atoms with van der Waals surface area (Å²) in [5.41, 5.74) is 2.87. The van der Waals surface area contributed by atoms with Gasteiger partial charge in [0.1, 0.15) is 5.69 Å². The Bertz CT molecular complexity index is 1310. The topological polar surface area (TPSA) is 81.0 Å². The molecule has 32 heavy (non-hydrogen) atoms. The maximum atomic E-state index is 13.0. The lowest BCUT2D eigenvalue weighted by molar-refractivity contribution is 0.0675. The number of pyridine rings is 2. The Kier molecular flexibility index (Phi) is 5.46. The zero-order valence-corrected chi connectivity index (χ0v) is 17.6. The van der Waals surface area contributed by atoms with Gasteiger partial charge in [0.2, 0.25) is 0 Å². The fraction of sp³-hybridized carbons (Fsp3) is 0.240. The van der Waals surface area contributed by atoms with Crippen LogP contribution in [0.1, 0.15) is 23.3 Å². The quantitative estimate of drug-likeness (QED) is 0.501. The first-order chi connectivity index (χ1) is 15.7. The van der Waals surface area contributed by atoms with Gasteiger partial charge in [0, 0.05) is 49.0 Å². The van der Waals surface area contributed by atoms with Gasteiger partial charge in [-0.2, -0.15) is 5.10 Å². The molecule has 4 heterocycles. The van der Waals surface area contributed by atoms with E-state index < -0.39 is 0 Å². The van der Waals surface area contributed by atoms with Gasteiger partial charge in [0.25, 0.3) is 11.5 Å². The Morgan fingerprint density at radius 1 is 0.938 bits per heavy atom. The lowest BCUT2D eigenvalue weighted by Gasteiger charge is -2.31. The average molecular weight is 425 g/mol. The minimum atomic E-state index is -0.110. The van der Waals surface area contributed by atoms with Crippen LogP contribution in [0.4, 0.5) is 0 Å². The number of carbonyl (C=O) groups is 1. The number of hydrogen-bond acceptors (Lipinski definition) is 5. The van der Waals surface area contributed by atoms with E-state index in [1.54, 1.807) is 35.3 Å². The van der Waals surface area contributed by atoms with E-state index in [2.05, 4.69) is 15.1 Å². The molecule has 0 radical (unpaired) electrons. The van der Waals surface area contributed by atoms with Gasteiger partial charge in [-0.1, -0.05) is 24.3 Å². The van der Waals surface area contributed by atoms with E-state index in [-0.39, 0.29) is 11.5 Å². The molecule has 0 spiro atoms. The summed E-state index contributed by atoms with van der Waals surface area (Å²) in [5.74, 6) is 0.255. The summed E-state index contributed by atoms with van der Waals surface area (Å²) >= 11 is 0. The van der Waals surface area contributed by atoms with Gasteiger partial charge >= 0.3 is 0 Å². The van der Waals surface area contributed by atoms with Gasteiger partial charge in [-0.3, -0.25) is 14.6 Å². The fourth-order valence-electron chi connectivity index (χ4n) is 4.17. The van der Waals surface area contributed by atoms with Crippen molar-refractivity contribution in [3.63, 3.8) is 0 Å². The zero-order chi connectivity index (χ0) is 21.9. The van der Waals surface area contributed by atoms with Crippen LogP contribution in [0.5, 0.6) is 0 Å². The van der Waals surface area contributed by atoms with Crippen molar-refractivity contribution >= 4 is 16.8 Å². The van der Waals surface area contributed by atoms with E-state index in [1.807, 2.05) is 47.4 Å². The molecule has 7 nitrogen and oxygen atoms in total. The SMILES string of the molecule is O=C(c1ccc2ccccc2n1)N1CCC(Cn2nc(-c3ccncc3)ccc2=O)CC1. The molecule has 0 aliphatic carbocycles. The highest BCUT2D eigenvalue weighted by Crippen LogP contribution is 2.21. The first kappa shape index (κ1) is 20.1. The molecule has 7 heteroatoms. The van der Waals surface area contributed by atoms with E-state index in [9.17, 15) is 9.59 Å². The number of carbonyl (C=O) groups excluding carboxylic acids is 1. The molecule has 160 valence electrons. The van der Waals surface area contributed by atoms with Crippen LogP contribution in [-0.2, 0) is 6.54 Å². The maximum Gasteiger partial charge on any atom is 0.272 e. The van der Waals surface area contributed by atoms with Crippen molar-refractivity contribution in [2.45, 2.75) is 19.4 Å². The lowest BCUT2D eigenvalue weighted by Crippen LogP contribution is -2.40. The van der Waals surface area contributed by atoms with E-state index in [1.165, 1.54) is 0 Å². The number of aromatic nitrogens is 4. The van der Waals surface area contributed by atoms with E-state index in [4.69, 9.17) is 0 Å². The third-order valence-electron chi connectivity index (χ3n) is 5.99. The number of benzene rings is 1. The molecule has 1 saturated heterocycles. The van der Waals surface area contributed by atoms with Crippen molar-refractivity contribution in [2.75, 3.05) is 13.1 Å². The molecule has 0 unspecified atom stereocenters. The van der Waals surface area contributed by atoms with Gasteiger partial charge in [0.05, 0.1) is 11.2 Å². The van der Waals surface area contributed by atoms with Crippen molar-refractivity contribution in [2.24, 2.45) is 5.92 Å². The van der Waals surface area contributed by atoms with Crippen molar-refractivity contribution in [1.82, 2.24) is 24.6 Å². The van der Waals surface area contributed by atoms with Gasteiger partial charge in [-0.05, 0) is 49.1 Å². The molecule has 0 bridgehead atoms. The summed E-state index contributed by atoms with van der Waals surface area (Å²) in [6, 6.07) is 18.6. The minimum Gasteiger partial charge on any atom is -0.337 e. The standard InChI is InChI=1S/C25H23N5O2/c31-24-8-7-22(20-9-13-26-14-10-20)28-30(24)17-18-11-15-29(16-12-18)25(32)23-6-5-19-3-1-2-4-21(19)27-23/h1-10,13-14,18H,11-12,15-17H2. The zero-order valence-electron chi connectivity index (χ0n) is 17.6. The summed E-state index contributed by atoms with van der Waals surface area (Å²) in [6.45, 7) is 1.85. The lowest BCUT2D eigenvalue weighted by atomic mass is 9.96. The highest BCUT2D eigenvalue weighted by molar-refractivity contribution is 5.94. The second-order valence-electron chi connectivity index (χ2n) is 8.10. The van der Waals surface area contributed by atoms with Crippen LogP contribution in [-0.4, -0.2) is 43.6 Å². The number of para-hydroxylation sites is 1. The highest BCUT2D eigenvalue weighted by atomic mass is 16.2. The molecule has 1 aromatic carbocycles. The molecule has 0 atom stereocenters. The monoisotopic (exact) mass is 425 g/mol. The van der Waals surface area contributed by atoms with Crippen LogP contribution < -0.4 is 5.56 Å². The molecule has 4 aromatic rings. The number of nitrogens with zero attached hydrogens (tertiary/aromatic N) is 5. The molecular formula is C25H23N5O2. The van der Waals surface area contributed by atoms with Crippen molar-refractivity contribution in [1.29, 1.82) is 0 Å². The smallest absolute Gasteiger partial charge is 0.272 e. The highest BCUT2D eigenvalue weighted by Gasteiger charge is 2.25. The van der Waals surface area contributed by atoms with E-state index in [0.717, 1.165) is 35.0 Å². The number of amides is 1. The van der Waals surface area contributed by atoms with E-state index >= 15 is 0 Å². The summed E-state index contributed by atoms with van der Waals surface area (Å²) in [7, 11) is 0. The Balaban J connectivity index is 1.25. The number of piperidine rings is 1. The van der Waals surface area contributed by atoms with Gasteiger partial charge < -0.3 is 4.90 Å². The third-order valence-corrected chi connectivity index (χ3v) is 5.99. The summed E-state index contributed by atoms with van der Waals surface area (Å²) in [6.07, 6.45) is 5.08.